The largest absolute Gasteiger partial charge is 0.373 e. The summed E-state index contributed by atoms with van der Waals surface area (Å²) in [7, 11) is 2.19. The third-order valence-electron chi connectivity index (χ3n) is 5.49. The number of rotatable bonds is 2. The zero-order valence-electron chi connectivity index (χ0n) is 14.9. The number of fused-ring (bicyclic) bond motifs is 2. The molecule has 0 bridgehead atoms. The number of likely N-dealkylation sites (N-methyl/N-ethyl adjacent to an activating group) is 1. The summed E-state index contributed by atoms with van der Waals surface area (Å²) < 4.78 is 6.02. The molecule has 2 atom stereocenters. The number of ether oxygens (including phenoxy) is 1. The van der Waals surface area contributed by atoms with Crippen LogP contribution in [0.25, 0.3) is 22.3 Å². The second kappa shape index (κ2) is 6.34. The van der Waals surface area contributed by atoms with Crippen molar-refractivity contribution in [3.63, 3.8) is 0 Å². The fraction of sp³-hybridized carbons (Fsp3) is 0.333. The van der Waals surface area contributed by atoms with Gasteiger partial charge in [0, 0.05) is 30.6 Å². The van der Waals surface area contributed by atoms with Crippen LogP contribution in [0.5, 0.6) is 0 Å². The zero-order valence-corrected chi connectivity index (χ0v) is 14.9. The first-order chi connectivity index (χ1) is 12.8. The van der Waals surface area contributed by atoms with Crippen LogP contribution in [-0.2, 0) is 4.74 Å². The summed E-state index contributed by atoms with van der Waals surface area (Å²) in [6.45, 7) is 3.63. The molecule has 132 valence electrons. The molecule has 2 aliphatic rings. The van der Waals surface area contributed by atoms with Crippen molar-refractivity contribution in [3.05, 3.63) is 54.6 Å². The minimum Gasteiger partial charge on any atom is -0.373 e. The minimum absolute atomic E-state index is 0.252. The predicted molar refractivity (Wildman–Crippen MR) is 103 cm³/mol. The van der Waals surface area contributed by atoms with Gasteiger partial charge >= 0.3 is 0 Å². The van der Waals surface area contributed by atoms with E-state index in [2.05, 4.69) is 47.2 Å². The van der Waals surface area contributed by atoms with E-state index in [0.717, 1.165) is 54.3 Å². The van der Waals surface area contributed by atoms with Crippen molar-refractivity contribution in [2.24, 2.45) is 0 Å². The Balaban J connectivity index is 1.60. The van der Waals surface area contributed by atoms with Crippen molar-refractivity contribution in [2.45, 2.75) is 12.1 Å². The summed E-state index contributed by atoms with van der Waals surface area (Å²) in [5.41, 5.74) is 2.03. The summed E-state index contributed by atoms with van der Waals surface area (Å²) >= 11 is 0. The molecule has 2 aliphatic heterocycles. The second-order valence-corrected chi connectivity index (χ2v) is 7.12. The first-order valence-corrected chi connectivity index (χ1v) is 9.18. The Labute approximate surface area is 153 Å². The molecule has 2 aromatic carbocycles. The summed E-state index contributed by atoms with van der Waals surface area (Å²) in [5.74, 6) is 1.80. The average molecular weight is 346 g/mol. The summed E-state index contributed by atoms with van der Waals surface area (Å²) in [6, 6.07) is 18.9. The SMILES string of the molecule is CN1CCOC2CN(c3nc(-c4ccccc4)nc4ccccc34)CC21. The van der Waals surface area contributed by atoms with Crippen molar-refractivity contribution in [1.82, 2.24) is 14.9 Å². The molecule has 5 heteroatoms. The normalized spacial score (nSPS) is 23.3. The van der Waals surface area contributed by atoms with Crippen LogP contribution in [-0.4, -0.2) is 60.3 Å². The maximum Gasteiger partial charge on any atom is 0.162 e. The highest BCUT2D eigenvalue weighted by Crippen LogP contribution is 2.32. The Hall–Kier alpha value is -2.50. The highest BCUT2D eigenvalue weighted by molar-refractivity contribution is 5.91. The molecular weight excluding hydrogens is 324 g/mol. The molecule has 2 unspecified atom stereocenters. The van der Waals surface area contributed by atoms with Gasteiger partial charge in [-0.25, -0.2) is 9.97 Å². The number of anilines is 1. The molecule has 0 saturated carbocycles. The van der Waals surface area contributed by atoms with Gasteiger partial charge in [0.2, 0.25) is 0 Å². The number of para-hydroxylation sites is 1. The molecule has 5 nitrogen and oxygen atoms in total. The van der Waals surface area contributed by atoms with Gasteiger partial charge in [0.15, 0.2) is 5.82 Å². The molecule has 3 aromatic rings. The lowest BCUT2D eigenvalue weighted by atomic mass is 10.1. The van der Waals surface area contributed by atoms with E-state index in [9.17, 15) is 0 Å². The van der Waals surface area contributed by atoms with E-state index < -0.39 is 0 Å². The second-order valence-electron chi connectivity index (χ2n) is 7.12. The highest BCUT2D eigenvalue weighted by atomic mass is 16.5. The Morgan fingerprint density at radius 3 is 2.62 bits per heavy atom. The van der Waals surface area contributed by atoms with Gasteiger partial charge in [-0.05, 0) is 19.2 Å². The average Bonchev–Trinajstić information content (AvgIpc) is 3.13. The topological polar surface area (TPSA) is 41.5 Å². The van der Waals surface area contributed by atoms with E-state index in [0.29, 0.717) is 6.04 Å². The third-order valence-corrected chi connectivity index (χ3v) is 5.49. The fourth-order valence-electron chi connectivity index (χ4n) is 4.05. The lowest BCUT2D eigenvalue weighted by molar-refractivity contribution is -0.0362. The summed E-state index contributed by atoms with van der Waals surface area (Å²) in [5, 5.41) is 1.11. The van der Waals surface area contributed by atoms with Gasteiger partial charge < -0.3 is 9.64 Å². The molecule has 2 saturated heterocycles. The van der Waals surface area contributed by atoms with E-state index in [-0.39, 0.29) is 6.10 Å². The van der Waals surface area contributed by atoms with Crippen LogP contribution in [0.3, 0.4) is 0 Å². The monoisotopic (exact) mass is 346 g/mol. The van der Waals surface area contributed by atoms with E-state index in [1.807, 2.05) is 24.3 Å². The maximum atomic E-state index is 6.02. The summed E-state index contributed by atoms with van der Waals surface area (Å²) in [4.78, 5) is 14.6. The lowest BCUT2D eigenvalue weighted by Crippen LogP contribution is -2.48. The number of hydrogen-bond acceptors (Lipinski definition) is 5. The molecule has 3 heterocycles. The minimum atomic E-state index is 0.252. The lowest BCUT2D eigenvalue weighted by Gasteiger charge is -2.33. The van der Waals surface area contributed by atoms with Gasteiger partial charge in [-0.15, -0.1) is 0 Å². The van der Waals surface area contributed by atoms with Crippen LogP contribution in [0.4, 0.5) is 5.82 Å². The van der Waals surface area contributed by atoms with E-state index >= 15 is 0 Å². The Morgan fingerprint density at radius 1 is 0.962 bits per heavy atom. The van der Waals surface area contributed by atoms with Crippen LogP contribution in [0.1, 0.15) is 0 Å². The first-order valence-electron chi connectivity index (χ1n) is 9.18. The van der Waals surface area contributed by atoms with E-state index in [1.54, 1.807) is 0 Å². The van der Waals surface area contributed by atoms with Crippen LogP contribution >= 0.6 is 0 Å². The van der Waals surface area contributed by atoms with Gasteiger partial charge in [0.05, 0.1) is 24.3 Å². The molecule has 0 N–H and O–H groups in total. The molecule has 1 aromatic heterocycles. The van der Waals surface area contributed by atoms with Crippen molar-refractivity contribution < 1.29 is 4.74 Å². The van der Waals surface area contributed by atoms with Crippen LogP contribution in [0, 0.1) is 0 Å². The van der Waals surface area contributed by atoms with Crippen molar-refractivity contribution >= 4 is 16.7 Å². The van der Waals surface area contributed by atoms with Gasteiger partial charge in [0.25, 0.3) is 0 Å². The Morgan fingerprint density at radius 2 is 1.77 bits per heavy atom. The number of morpholine rings is 1. The fourth-order valence-corrected chi connectivity index (χ4v) is 4.05. The molecule has 2 fully saturated rings. The van der Waals surface area contributed by atoms with Gasteiger partial charge in [0.1, 0.15) is 5.82 Å². The van der Waals surface area contributed by atoms with Crippen molar-refractivity contribution in [3.8, 4) is 11.4 Å². The smallest absolute Gasteiger partial charge is 0.162 e. The van der Waals surface area contributed by atoms with E-state index in [4.69, 9.17) is 14.7 Å². The quantitative estimate of drug-likeness (QED) is 0.714. The molecule has 5 rings (SSSR count). The first kappa shape index (κ1) is 15.7. The zero-order chi connectivity index (χ0) is 17.5. The summed E-state index contributed by atoms with van der Waals surface area (Å²) in [6.07, 6.45) is 0.252. The van der Waals surface area contributed by atoms with E-state index in [1.165, 1.54) is 0 Å². The molecule has 0 amide bonds. The Kier molecular flexibility index (Phi) is 3.84. The molecule has 26 heavy (non-hydrogen) atoms. The van der Waals surface area contributed by atoms with Crippen LogP contribution in [0.2, 0.25) is 0 Å². The molecule has 0 spiro atoms. The molecule has 0 radical (unpaired) electrons. The van der Waals surface area contributed by atoms with Crippen LogP contribution in [0.15, 0.2) is 54.6 Å². The Bertz CT molecular complexity index is 930. The van der Waals surface area contributed by atoms with Gasteiger partial charge in [-0.2, -0.15) is 0 Å². The number of nitrogens with zero attached hydrogens (tertiary/aromatic N) is 4. The third kappa shape index (κ3) is 2.64. The van der Waals surface area contributed by atoms with Crippen LogP contribution < -0.4 is 4.90 Å². The van der Waals surface area contributed by atoms with Crippen molar-refractivity contribution in [1.29, 1.82) is 0 Å². The molecule has 0 aliphatic carbocycles. The van der Waals surface area contributed by atoms with Crippen molar-refractivity contribution in [2.75, 3.05) is 38.2 Å². The molecular formula is C21H22N4O. The standard InChI is InChI=1S/C21H22N4O/c1-24-11-12-26-19-14-25(13-18(19)24)21-16-9-5-6-10-17(16)22-20(23-21)15-7-3-2-4-8-15/h2-10,18-19H,11-14H2,1H3. The highest BCUT2D eigenvalue weighted by Gasteiger charge is 2.39. The predicted octanol–water partition coefficient (Wildman–Crippen LogP) is 2.82. The van der Waals surface area contributed by atoms with Gasteiger partial charge in [-0.3, -0.25) is 4.90 Å². The maximum absolute atomic E-state index is 6.02. The number of aromatic nitrogens is 2. The number of benzene rings is 2. The van der Waals surface area contributed by atoms with Gasteiger partial charge in [-0.1, -0.05) is 42.5 Å². The number of hydrogen-bond donors (Lipinski definition) is 0.